The second-order valence-corrected chi connectivity index (χ2v) is 3.08. The number of aromatic hydroxyl groups is 1. The molecule has 1 aliphatic rings. The lowest BCUT2D eigenvalue weighted by atomic mass is 9.95. The maximum absolute atomic E-state index is 9.28. The number of phenols is 1. The minimum absolute atomic E-state index is 0.132. The summed E-state index contributed by atoms with van der Waals surface area (Å²) in [4.78, 5) is 4.81. The molecule has 1 aliphatic carbocycles. The van der Waals surface area contributed by atoms with Crippen LogP contribution in [0.15, 0.2) is 24.3 Å². The van der Waals surface area contributed by atoms with Crippen molar-refractivity contribution in [3.8, 4) is 5.75 Å². The van der Waals surface area contributed by atoms with Gasteiger partial charge >= 0.3 is 0 Å². The average molecular weight is 177 g/mol. The molecule has 2 rings (SSSR count). The first-order valence-corrected chi connectivity index (χ1v) is 4.16. The number of nitrogens with two attached hydrogens (primary N) is 1. The largest absolute Gasteiger partial charge is 0.508 e. The molecule has 0 radical (unpaired) electrons. The molecule has 0 bridgehead atoms. The van der Waals surface area contributed by atoms with E-state index in [0.29, 0.717) is 0 Å². The highest BCUT2D eigenvalue weighted by Gasteiger charge is 2.16. The van der Waals surface area contributed by atoms with E-state index in [-0.39, 0.29) is 11.9 Å². The molecule has 3 N–H and O–H groups in total. The summed E-state index contributed by atoms with van der Waals surface area (Å²) in [5.74, 6) is 5.40. The Bertz CT molecular complexity index is 347. The topological polar surface area (TPSA) is 55.5 Å². The Labute approximate surface area is 76.4 Å². The van der Waals surface area contributed by atoms with Crippen molar-refractivity contribution in [3.63, 3.8) is 0 Å². The van der Waals surface area contributed by atoms with E-state index in [4.69, 9.17) is 10.7 Å². The minimum Gasteiger partial charge on any atom is -0.508 e. The van der Waals surface area contributed by atoms with Crippen molar-refractivity contribution in [3.05, 3.63) is 35.4 Å². The quantitative estimate of drug-likeness (QED) is 0.642. The molecule has 3 heteroatoms. The summed E-state index contributed by atoms with van der Waals surface area (Å²) in [6.07, 6.45) is 4.64. The fourth-order valence-corrected chi connectivity index (χ4v) is 1.57. The Balaban J connectivity index is 2.48. The molecular formula is C10H11NO2. The Hall–Kier alpha value is -1.32. The molecule has 68 valence electrons. The number of benzene rings is 1. The third-order valence-electron chi connectivity index (χ3n) is 2.23. The molecule has 1 aromatic rings. The SMILES string of the molecule is NOC1CC=Cc2ccc(O)cc21. The van der Waals surface area contributed by atoms with Crippen molar-refractivity contribution in [1.29, 1.82) is 0 Å². The van der Waals surface area contributed by atoms with Crippen LogP contribution in [0.3, 0.4) is 0 Å². The molecule has 1 aromatic carbocycles. The molecular weight excluding hydrogens is 166 g/mol. The van der Waals surface area contributed by atoms with E-state index >= 15 is 0 Å². The number of hydrogen-bond donors (Lipinski definition) is 2. The molecule has 13 heavy (non-hydrogen) atoms. The zero-order chi connectivity index (χ0) is 9.26. The summed E-state index contributed by atoms with van der Waals surface area (Å²) in [6, 6.07) is 5.20. The van der Waals surface area contributed by atoms with Gasteiger partial charge in [-0.05, 0) is 29.7 Å². The fourth-order valence-electron chi connectivity index (χ4n) is 1.57. The average Bonchev–Trinajstić information content (AvgIpc) is 2.17. The third-order valence-corrected chi connectivity index (χ3v) is 2.23. The lowest BCUT2D eigenvalue weighted by molar-refractivity contribution is 0.0539. The van der Waals surface area contributed by atoms with Crippen LogP contribution in [0, 0.1) is 0 Å². The maximum Gasteiger partial charge on any atom is 0.115 e. The van der Waals surface area contributed by atoms with Crippen LogP contribution in [-0.4, -0.2) is 5.11 Å². The zero-order valence-corrected chi connectivity index (χ0v) is 7.10. The highest BCUT2D eigenvalue weighted by Crippen LogP contribution is 2.31. The van der Waals surface area contributed by atoms with Gasteiger partial charge in [-0.3, -0.25) is 4.84 Å². The van der Waals surface area contributed by atoms with E-state index in [9.17, 15) is 5.11 Å². The fraction of sp³-hybridized carbons (Fsp3) is 0.200. The summed E-state index contributed by atoms with van der Waals surface area (Å²) >= 11 is 0. The van der Waals surface area contributed by atoms with Gasteiger partial charge in [0.2, 0.25) is 0 Å². The molecule has 0 aromatic heterocycles. The van der Waals surface area contributed by atoms with Crippen molar-refractivity contribution >= 4 is 6.08 Å². The van der Waals surface area contributed by atoms with Gasteiger partial charge < -0.3 is 5.11 Å². The van der Waals surface area contributed by atoms with Gasteiger partial charge in [0.25, 0.3) is 0 Å². The van der Waals surface area contributed by atoms with Crippen LogP contribution in [-0.2, 0) is 4.84 Å². The smallest absolute Gasteiger partial charge is 0.115 e. The molecule has 0 fully saturated rings. The first-order valence-electron chi connectivity index (χ1n) is 4.16. The summed E-state index contributed by atoms with van der Waals surface area (Å²) in [5.41, 5.74) is 2.00. The monoisotopic (exact) mass is 177 g/mol. The van der Waals surface area contributed by atoms with Crippen LogP contribution in [0.2, 0.25) is 0 Å². The van der Waals surface area contributed by atoms with Gasteiger partial charge in [-0.2, -0.15) is 0 Å². The first kappa shape index (κ1) is 8.29. The van der Waals surface area contributed by atoms with Gasteiger partial charge in [0, 0.05) is 0 Å². The molecule has 0 heterocycles. The van der Waals surface area contributed by atoms with Gasteiger partial charge in [0.05, 0.1) is 0 Å². The molecule has 0 saturated heterocycles. The van der Waals surface area contributed by atoms with Gasteiger partial charge in [0.1, 0.15) is 11.9 Å². The summed E-state index contributed by atoms with van der Waals surface area (Å²) in [6.45, 7) is 0. The predicted molar refractivity (Wildman–Crippen MR) is 49.8 cm³/mol. The highest BCUT2D eigenvalue weighted by atomic mass is 16.6. The van der Waals surface area contributed by atoms with E-state index < -0.39 is 0 Å². The van der Waals surface area contributed by atoms with E-state index in [0.717, 1.165) is 17.5 Å². The third kappa shape index (κ3) is 1.43. The van der Waals surface area contributed by atoms with Crippen molar-refractivity contribution in [2.45, 2.75) is 12.5 Å². The van der Waals surface area contributed by atoms with Gasteiger partial charge in [-0.15, -0.1) is 0 Å². The Morgan fingerprint density at radius 1 is 1.46 bits per heavy atom. The second-order valence-electron chi connectivity index (χ2n) is 3.08. The van der Waals surface area contributed by atoms with Crippen LogP contribution < -0.4 is 5.90 Å². The van der Waals surface area contributed by atoms with E-state index in [1.54, 1.807) is 12.1 Å². The number of fused-ring (bicyclic) bond motifs is 1. The van der Waals surface area contributed by atoms with Crippen LogP contribution in [0.5, 0.6) is 5.75 Å². The predicted octanol–water partition coefficient (Wildman–Crippen LogP) is 1.74. The first-order chi connectivity index (χ1) is 6.31. The molecule has 3 nitrogen and oxygen atoms in total. The van der Waals surface area contributed by atoms with Crippen LogP contribution in [0.1, 0.15) is 23.7 Å². The summed E-state index contributed by atoms with van der Waals surface area (Å²) < 4.78 is 0. The number of phenolic OH excluding ortho intramolecular Hbond substituents is 1. The minimum atomic E-state index is -0.132. The Morgan fingerprint density at radius 2 is 2.31 bits per heavy atom. The van der Waals surface area contributed by atoms with Crippen LogP contribution in [0.4, 0.5) is 0 Å². The maximum atomic E-state index is 9.28. The van der Waals surface area contributed by atoms with E-state index in [2.05, 4.69) is 0 Å². The number of rotatable bonds is 1. The van der Waals surface area contributed by atoms with Crippen LogP contribution in [0.25, 0.3) is 6.08 Å². The van der Waals surface area contributed by atoms with E-state index in [1.807, 2.05) is 18.2 Å². The number of hydrogen-bond acceptors (Lipinski definition) is 3. The van der Waals surface area contributed by atoms with E-state index in [1.165, 1.54) is 0 Å². The molecule has 0 spiro atoms. The molecule has 1 atom stereocenters. The Kier molecular flexibility index (Phi) is 2.04. The highest BCUT2D eigenvalue weighted by molar-refractivity contribution is 5.58. The molecule has 1 unspecified atom stereocenters. The molecule has 0 amide bonds. The van der Waals surface area contributed by atoms with Crippen molar-refractivity contribution < 1.29 is 9.94 Å². The lowest BCUT2D eigenvalue weighted by Crippen LogP contribution is -2.11. The Morgan fingerprint density at radius 3 is 3.08 bits per heavy atom. The van der Waals surface area contributed by atoms with Gasteiger partial charge in [-0.25, -0.2) is 5.90 Å². The second kappa shape index (κ2) is 3.20. The zero-order valence-electron chi connectivity index (χ0n) is 7.10. The van der Waals surface area contributed by atoms with Crippen LogP contribution >= 0.6 is 0 Å². The van der Waals surface area contributed by atoms with Crippen molar-refractivity contribution in [2.24, 2.45) is 5.90 Å². The van der Waals surface area contributed by atoms with Crippen molar-refractivity contribution in [2.75, 3.05) is 0 Å². The van der Waals surface area contributed by atoms with Gasteiger partial charge in [0.15, 0.2) is 0 Å². The van der Waals surface area contributed by atoms with Gasteiger partial charge in [-0.1, -0.05) is 18.2 Å². The van der Waals surface area contributed by atoms with Crippen molar-refractivity contribution in [1.82, 2.24) is 0 Å². The molecule has 0 aliphatic heterocycles. The standard InChI is InChI=1S/C10H11NO2/c11-13-10-3-1-2-7-4-5-8(12)6-9(7)10/h1-2,4-6,10,12H,3,11H2. The lowest BCUT2D eigenvalue weighted by Gasteiger charge is -2.19. The summed E-state index contributed by atoms with van der Waals surface area (Å²) in [5, 5.41) is 9.28. The summed E-state index contributed by atoms with van der Waals surface area (Å²) in [7, 11) is 0. The normalized spacial score (nSPS) is 19.9. The molecule has 0 saturated carbocycles.